The lowest BCUT2D eigenvalue weighted by Gasteiger charge is -2.33. The number of hydrogen-bond donors (Lipinski definition) is 1. The molecule has 1 N–H and O–H groups in total. The van der Waals surface area contributed by atoms with Gasteiger partial charge >= 0.3 is 0 Å². The molecule has 1 aliphatic rings. The molecule has 0 aromatic heterocycles. The van der Waals surface area contributed by atoms with Gasteiger partial charge in [-0.05, 0) is 30.7 Å². The molecule has 4 nitrogen and oxygen atoms in total. The second kappa shape index (κ2) is 7.69. The van der Waals surface area contributed by atoms with Gasteiger partial charge in [-0.15, -0.1) is 0 Å². The lowest BCUT2D eigenvalue weighted by Crippen LogP contribution is -2.43. The van der Waals surface area contributed by atoms with Crippen molar-refractivity contribution in [2.45, 2.75) is 13.5 Å². The highest BCUT2D eigenvalue weighted by Gasteiger charge is 2.17. The van der Waals surface area contributed by atoms with Crippen LogP contribution in [-0.2, 0) is 6.54 Å². The SMILES string of the molecule is C/C(=N/N1CCN(Cc2ccccc2Cl)CC1)c1ccccc1O. The molecule has 0 bridgehead atoms. The minimum Gasteiger partial charge on any atom is -0.507 e. The molecule has 3 rings (SSSR count). The molecule has 0 atom stereocenters. The van der Waals surface area contributed by atoms with Gasteiger partial charge in [-0.3, -0.25) is 9.91 Å². The number of hydrazone groups is 1. The van der Waals surface area contributed by atoms with E-state index < -0.39 is 0 Å². The molecule has 1 aliphatic heterocycles. The van der Waals surface area contributed by atoms with Crippen molar-refractivity contribution in [3.63, 3.8) is 0 Å². The fourth-order valence-corrected chi connectivity index (χ4v) is 3.10. The van der Waals surface area contributed by atoms with Crippen LogP contribution in [0, 0.1) is 0 Å². The minimum absolute atomic E-state index is 0.274. The van der Waals surface area contributed by atoms with Crippen LogP contribution in [0.3, 0.4) is 0 Å². The number of benzene rings is 2. The molecule has 1 fully saturated rings. The molecule has 0 amide bonds. The van der Waals surface area contributed by atoms with Gasteiger partial charge in [-0.25, -0.2) is 0 Å². The van der Waals surface area contributed by atoms with E-state index in [2.05, 4.69) is 21.1 Å². The van der Waals surface area contributed by atoms with E-state index in [1.807, 2.05) is 43.3 Å². The molecule has 5 heteroatoms. The molecule has 2 aromatic carbocycles. The molecule has 2 aromatic rings. The summed E-state index contributed by atoms with van der Waals surface area (Å²) in [4.78, 5) is 2.39. The highest BCUT2D eigenvalue weighted by Crippen LogP contribution is 2.19. The van der Waals surface area contributed by atoms with Crippen molar-refractivity contribution in [2.75, 3.05) is 26.2 Å². The molecule has 0 radical (unpaired) electrons. The van der Waals surface area contributed by atoms with Crippen molar-refractivity contribution in [3.05, 3.63) is 64.7 Å². The van der Waals surface area contributed by atoms with Gasteiger partial charge in [0.2, 0.25) is 0 Å². The minimum atomic E-state index is 0.274. The topological polar surface area (TPSA) is 39.1 Å². The maximum atomic E-state index is 9.92. The number of piperazine rings is 1. The van der Waals surface area contributed by atoms with Crippen LogP contribution < -0.4 is 0 Å². The highest BCUT2D eigenvalue weighted by molar-refractivity contribution is 6.31. The second-order valence-electron chi connectivity index (χ2n) is 6.02. The van der Waals surface area contributed by atoms with Crippen LogP contribution in [0.25, 0.3) is 0 Å². The summed E-state index contributed by atoms with van der Waals surface area (Å²) in [7, 11) is 0. The zero-order chi connectivity index (χ0) is 16.9. The first-order chi connectivity index (χ1) is 11.6. The summed E-state index contributed by atoms with van der Waals surface area (Å²) in [5.41, 5.74) is 2.80. The largest absolute Gasteiger partial charge is 0.507 e. The molecule has 24 heavy (non-hydrogen) atoms. The number of phenolic OH excluding ortho intramolecular Hbond substituents is 1. The number of rotatable bonds is 4. The van der Waals surface area contributed by atoms with Gasteiger partial charge in [0.25, 0.3) is 0 Å². The fourth-order valence-electron chi connectivity index (χ4n) is 2.91. The Morgan fingerprint density at radius 3 is 2.42 bits per heavy atom. The molecule has 1 saturated heterocycles. The van der Waals surface area contributed by atoms with Gasteiger partial charge in [0.1, 0.15) is 5.75 Å². The number of hydrogen-bond acceptors (Lipinski definition) is 4. The molecular formula is C19H22ClN3O. The summed E-state index contributed by atoms with van der Waals surface area (Å²) in [5.74, 6) is 0.274. The maximum Gasteiger partial charge on any atom is 0.124 e. The average molecular weight is 344 g/mol. The smallest absolute Gasteiger partial charge is 0.124 e. The van der Waals surface area contributed by atoms with Gasteiger partial charge in [0, 0.05) is 43.3 Å². The van der Waals surface area contributed by atoms with Crippen LogP contribution >= 0.6 is 11.6 Å². The summed E-state index contributed by atoms with van der Waals surface area (Å²) in [6.07, 6.45) is 0. The van der Waals surface area contributed by atoms with Crippen LogP contribution in [0.4, 0.5) is 0 Å². The summed E-state index contributed by atoms with van der Waals surface area (Å²) in [5, 5.41) is 17.5. The van der Waals surface area contributed by atoms with E-state index in [-0.39, 0.29) is 5.75 Å². The molecule has 1 heterocycles. The second-order valence-corrected chi connectivity index (χ2v) is 6.43. The number of aromatic hydroxyl groups is 1. The fraction of sp³-hybridized carbons (Fsp3) is 0.316. The van der Waals surface area contributed by atoms with E-state index in [9.17, 15) is 5.11 Å². The Morgan fingerprint density at radius 1 is 1.04 bits per heavy atom. The summed E-state index contributed by atoms with van der Waals surface area (Å²) >= 11 is 6.24. The van der Waals surface area contributed by atoms with Gasteiger partial charge in [0.05, 0.1) is 5.71 Å². The van der Waals surface area contributed by atoms with Crippen LogP contribution in [-0.4, -0.2) is 46.9 Å². The van der Waals surface area contributed by atoms with E-state index >= 15 is 0 Å². The monoisotopic (exact) mass is 343 g/mol. The van der Waals surface area contributed by atoms with Crippen LogP contribution in [0.15, 0.2) is 53.6 Å². The Hall–Kier alpha value is -2.04. The van der Waals surface area contributed by atoms with Gasteiger partial charge in [0.15, 0.2) is 0 Å². The molecule has 0 saturated carbocycles. The third-order valence-corrected chi connectivity index (χ3v) is 4.65. The Labute approximate surface area is 148 Å². The third kappa shape index (κ3) is 4.08. The van der Waals surface area contributed by atoms with Crippen molar-refractivity contribution >= 4 is 17.3 Å². The van der Waals surface area contributed by atoms with E-state index in [4.69, 9.17) is 11.6 Å². The molecule has 0 unspecified atom stereocenters. The Balaban J connectivity index is 1.58. The Bertz CT molecular complexity index is 724. The lowest BCUT2D eigenvalue weighted by atomic mass is 10.1. The first-order valence-corrected chi connectivity index (χ1v) is 8.55. The van der Waals surface area contributed by atoms with E-state index in [0.717, 1.165) is 49.0 Å². The Kier molecular flexibility index (Phi) is 5.38. The van der Waals surface area contributed by atoms with Gasteiger partial charge < -0.3 is 5.11 Å². The van der Waals surface area contributed by atoms with Crippen molar-refractivity contribution in [2.24, 2.45) is 5.10 Å². The lowest BCUT2D eigenvalue weighted by molar-refractivity contribution is 0.130. The number of para-hydroxylation sites is 1. The van der Waals surface area contributed by atoms with E-state index in [0.29, 0.717) is 0 Å². The summed E-state index contributed by atoms with van der Waals surface area (Å²) < 4.78 is 0. The van der Waals surface area contributed by atoms with Gasteiger partial charge in [-0.1, -0.05) is 41.9 Å². The third-order valence-electron chi connectivity index (χ3n) is 4.29. The van der Waals surface area contributed by atoms with Crippen molar-refractivity contribution in [1.82, 2.24) is 9.91 Å². The average Bonchev–Trinajstić information content (AvgIpc) is 2.59. The summed E-state index contributed by atoms with van der Waals surface area (Å²) in [6, 6.07) is 15.3. The van der Waals surface area contributed by atoms with Crippen molar-refractivity contribution in [3.8, 4) is 5.75 Å². The molecular weight excluding hydrogens is 322 g/mol. The van der Waals surface area contributed by atoms with Crippen LogP contribution in [0.1, 0.15) is 18.1 Å². The van der Waals surface area contributed by atoms with Crippen LogP contribution in [0.2, 0.25) is 5.02 Å². The van der Waals surface area contributed by atoms with Crippen molar-refractivity contribution < 1.29 is 5.11 Å². The summed E-state index contributed by atoms with van der Waals surface area (Å²) in [6.45, 7) is 6.44. The molecule has 0 spiro atoms. The van der Waals surface area contributed by atoms with E-state index in [1.165, 1.54) is 5.56 Å². The quantitative estimate of drug-likeness (QED) is 0.862. The predicted octanol–water partition coefficient (Wildman–Crippen LogP) is 3.59. The molecule has 126 valence electrons. The van der Waals surface area contributed by atoms with E-state index in [1.54, 1.807) is 6.07 Å². The van der Waals surface area contributed by atoms with Crippen molar-refractivity contribution in [1.29, 1.82) is 0 Å². The number of phenols is 1. The highest BCUT2D eigenvalue weighted by atomic mass is 35.5. The first-order valence-electron chi connectivity index (χ1n) is 8.18. The normalized spacial score (nSPS) is 16.4. The number of halogens is 1. The predicted molar refractivity (Wildman–Crippen MR) is 98.6 cm³/mol. The standard InChI is InChI=1S/C19H22ClN3O/c1-15(17-7-3-5-9-19(17)24)21-23-12-10-22(11-13-23)14-16-6-2-4-8-18(16)20/h2-9,24H,10-14H2,1H3/b21-15-. The molecule has 0 aliphatic carbocycles. The first kappa shape index (κ1) is 16.8. The van der Waals surface area contributed by atoms with Crippen LogP contribution in [0.5, 0.6) is 5.75 Å². The number of nitrogens with zero attached hydrogens (tertiary/aromatic N) is 3. The maximum absolute atomic E-state index is 9.92. The Morgan fingerprint density at radius 2 is 1.71 bits per heavy atom. The van der Waals surface area contributed by atoms with Gasteiger partial charge in [-0.2, -0.15) is 5.10 Å². The zero-order valence-corrected chi connectivity index (χ0v) is 14.6. The zero-order valence-electron chi connectivity index (χ0n) is 13.8.